The number of carbonyl (C=O) groups is 1. The van der Waals surface area contributed by atoms with Gasteiger partial charge in [-0.2, -0.15) is 0 Å². The molecule has 0 aliphatic rings. The predicted molar refractivity (Wildman–Crippen MR) is 76.7 cm³/mol. The number of rotatable bonds is 7. The Morgan fingerprint density at radius 3 is 2.67 bits per heavy atom. The SMILES string of the molecule is COCC(C)CNCC(=O)Nc1ccc(Br)cc1. The summed E-state index contributed by atoms with van der Waals surface area (Å²) in [5.41, 5.74) is 0.801. The summed E-state index contributed by atoms with van der Waals surface area (Å²) in [6.07, 6.45) is 0. The highest BCUT2D eigenvalue weighted by Gasteiger charge is 2.04. The van der Waals surface area contributed by atoms with E-state index in [0.717, 1.165) is 16.7 Å². The van der Waals surface area contributed by atoms with E-state index in [-0.39, 0.29) is 5.91 Å². The molecule has 100 valence electrons. The van der Waals surface area contributed by atoms with Crippen molar-refractivity contribution in [2.75, 3.05) is 32.1 Å². The third-order valence-corrected chi connectivity index (χ3v) is 2.89. The number of benzene rings is 1. The molecule has 0 fully saturated rings. The number of hydrogen-bond acceptors (Lipinski definition) is 3. The van der Waals surface area contributed by atoms with Crippen molar-refractivity contribution in [2.24, 2.45) is 5.92 Å². The van der Waals surface area contributed by atoms with Crippen molar-refractivity contribution in [1.82, 2.24) is 5.32 Å². The summed E-state index contributed by atoms with van der Waals surface area (Å²) < 4.78 is 6.02. The number of nitrogens with one attached hydrogen (secondary N) is 2. The molecule has 0 aliphatic carbocycles. The van der Waals surface area contributed by atoms with E-state index in [1.54, 1.807) is 7.11 Å². The van der Waals surface area contributed by atoms with Crippen LogP contribution in [0.2, 0.25) is 0 Å². The van der Waals surface area contributed by atoms with E-state index in [0.29, 0.717) is 19.1 Å². The lowest BCUT2D eigenvalue weighted by Gasteiger charge is -2.11. The number of amides is 1. The molecule has 0 aromatic heterocycles. The Kier molecular flexibility index (Phi) is 6.93. The van der Waals surface area contributed by atoms with Gasteiger partial charge in [0.1, 0.15) is 0 Å². The zero-order valence-corrected chi connectivity index (χ0v) is 12.3. The quantitative estimate of drug-likeness (QED) is 0.811. The van der Waals surface area contributed by atoms with Crippen LogP contribution in [-0.4, -0.2) is 32.7 Å². The third kappa shape index (κ3) is 6.14. The fourth-order valence-corrected chi connectivity index (χ4v) is 1.78. The standard InChI is InChI=1S/C13H19BrN2O2/c1-10(9-18-2)7-15-8-13(17)16-12-5-3-11(14)4-6-12/h3-6,10,15H,7-9H2,1-2H3,(H,16,17). The Morgan fingerprint density at radius 1 is 1.39 bits per heavy atom. The lowest BCUT2D eigenvalue weighted by atomic mass is 10.2. The third-order valence-electron chi connectivity index (χ3n) is 2.36. The van der Waals surface area contributed by atoms with Gasteiger partial charge >= 0.3 is 0 Å². The van der Waals surface area contributed by atoms with Crippen molar-refractivity contribution < 1.29 is 9.53 Å². The van der Waals surface area contributed by atoms with Gasteiger partial charge in [0.05, 0.1) is 6.54 Å². The van der Waals surface area contributed by atoms with Crippen LogP contribution in [0.5, 0.6) is 0 Å². The molecular formula is C13H19BrN2O2. The Bertz CT molecular complexity index is 368. The minimum atomic E-state index is -0.0399. The fourth-order valence-electron chi connectivity index (χ4n) is 1.51. The normalized spacial score (nSPS) is 12.2. The molecule has 0 heterocycles. The Morgan fingerprint density at radius 2 is 2.06 bits per heavy atom. The Labute approximate surface area is 116 Å². The summed E-state index contributed by atoms with van der Waals surface area (Å²) in [6.45, 7) is 3.84. The average Bonchev–Trinajstić information content (AvgIpc) is 2.32. The van der Waals surface area contributed by atoms with Crippen molar-refractivity contribution in [3.63, 3.8) is 0 Å². The van der Waals surface area contributed by atoms with Crippen molar-refractivity contribution in [3.05, 3.63) is 28.7 Å². The zero-order valence-electron chi connectivity index (χ0n) is 10.7. The van der Waals surface area contributed by atoms with Gasteiger partial charge in [0, 0.05) is 30.4 Å². The van der Waals surface area contributed by atoms with Crippen molar-refractivity contribution in [2.45, 2.75) is 6.92 Å². The molecule has 5 heteroatoms. The second kappa shape index (κ2) is 8.24. The monoisotopic (exact) mass is 314 g/mol. The summed E-state index contributed by atoms with van der Waals surface area (Å²) in [5, 5.41) is 5.92. The van der Waals surface area contributed by atoms with E-state index >= 15 is 0 Å². The molecule has 0 saturated carbocycles. The van der Waals surface area contributed by atoms with Gasteiger partial charge in [0.2, 0.25) is 5.91 Å². The fraction of sp³-hybridized carbons (Fsp3) is 0.462. The molecular weight excluding hydrogens is 296 g/mol. The van der Waals surface area contributed by atoms with Gasteiger partial charge in [0.25, 0.3) is 0 Å². The largest absolute Gasteiger partial charge is 0.384 e. The van der Waals surface area contributed by atoms with Crippen LogP contribution in [-0.2, 0) is 9.53 Å². The molecule has 0 bridgehead atoms. The molecule has 2 N–H and O–H groups in total. The van der Waals surface area contributed by atoms with Crippen LogP contribution in [0.4, 0.5) is 5.69 Å². The van der Waals surface area contributed by atoms with Gasteiger partial charge in [-0.15, -0.1) is 0 Å². The first-order chi connectivity index (χ1) is 8.61. The first kappa shape index (κ1) is 15.1. The van der Waals surface area contributed by atoms with Crippen LogP contribution in [0.1, 0.15) is 6.92 Å². The van der Waals surface area contributed by atoms with E-state index in [9.17, 15) is 4.79 Å². The molecule has 1 aromatic rings. The van der Waals surface area contributed by atoms with Crippen LogP contribution >= 0.6 is 15.9 Å². The predicted octanol–water partition coefficient (Wildman–Crippen LogP) is 2.26. The highest BCUT2D eigenvalue weighted by Crippen LogP contribution is 2.13. The molecule has 1 unspecified atom stereocenters. The van der Waals surface area contributed by atoms with Gasteiger partial charge in [-0.05, 0) is 30.2 Å². The van der Waals surface area contributed by atoms with Crippen molar-refractivity contribution in [3.8, 4) is 0 Å². The van der Waals surface area contributed by atoms with Crippen molar-refractivity contribution >= 4 is 27.5 Å². The zero-order chi connectivity index (χ0) is 13.4. The number of halogens is 1. The lowest BCUT2D eigenvalue weighted by Crippen LogP contribution is -2.32. The Hall–Kier alpha value is -0.910. The topological polar surface area (TPSA) is 50.4 Å². The molecule has 1 amide bonds. The van der Waals surface area contributed by atoms with E-state index in [1.807, 2.05) is 24.3 Å². The average molecular weight is 315 g/mol. The van der Waals surface area contributed by atoms with Gasteiger partial charge < -0.3 is 15.4 Å². The highest BCUT2D eigenvalue weighted by molar-refractivity contribution is 9.10. The molecule has 0 saturated heterocycles. The van der Waals surface area contributed by atoms with E-state index < -0.39 is 0 Å². The van der Waals surface area contributed by atoms with E-state index in [2.05, 4.69) is 33.5 Å². The summed E-state index contributed by atoms with van der Waals surface area (Å²) in [5.74, 6) is 0.359. The molecule has 1 atom stereocenters. The minimum Gasteiger partial charge on any atom is -0.384 e. The number of ether oxygens (including phenoxy) is 1. The first-order valence-corrected chi connectivity index (χ1v) is 6.66. The van der Waals surface area contributed by atoms with Gasteiger partial charge in [-0.1, -0.05) is 22.9 Å². The smallest absolute Gasteiger partial charge is 0.238 e. The number of carbonyl (C=O) groups excluding carboxylic acids is 1. The minimum absolute atomic E-state index is 0.0399. The van der Waals surface area contributed by atoms with Crippen LogP contribution in [0.15, 0.2) is 28.7 Å². The van der Waals surface area contributed by atoms with E-state index in [1.165, 1.54) is 0 Å². The maximum atomic E-state index is 11.6. The van der Waals surface area contributed by atoms with E-state index in [4.69, 9.17) is 4.74 Å². The summed E-state index contributed by atoms with van der Waals surface area (Å²) in [7, 11) is 1.68. The van der Waals surface area contributed by atoms with Crippen LogP contribution in [0, 0.1) is 5.92 Å². The molecule has 18 heavy (non-hydrogen) atoms. The van der Waals surface area contributed by atoms with Gasteiger partial charge in [-0.3, -0.25) is 4.79 Å². The molecule has 1 rings (SSSR count). The number of methoxy groups -OCH3 is 1. The van der Waals surface area contributed by atoms with Crippen LogP contribution in [0.3, 0.4) is 0 Å². The second-order valence-electron chi connectivity index (χ2n) is 4.25. The molecule has 0 radical (unpaired) electrons. The summed E-state index contributed by atoms with van der Waals surface area (Å²) >= 11 is 3.35. The van der Waals surface area contributed by atoms with Crippen LogP contribution < -0.4 is 10.6 Å². The molecule has 0 spiro atoms. The van der Waals surface area contributed by atoms with Crippen molar-refractivity contribution in [1.29, 1.82) is 0 Å². The maximum absolute atomic E-state index is 11.6. The summed E-state index contributed by atoms with van der Waals surface area (Å²) in [6, 6.07) is 7.50. The Balaban J connectivity index is 2.23. The first-order valence-electron chi connectivity index (χ1n) is 5.87. The summed E-state index contributed by atoms with van der Waals surface area (Å²) in [4.78, 5) is 11.6. The lowest BCUT2D eigenvalue weighted by molar-refractivity contribution is -0.115. The van der Waals surface area contributed by atoms with Crippen LogP contribution in [0.25, 0.3) is 0 Å². The highest BCUT2D eigenvalue weighted by atomic mass is 79.9. The van der Waals surface area contributed by atoms with Gasteiger partial charge in [0.15, 0.2) is 0 Å². The molecule has 4 nitrogen and oxygen atoms in total. The maximum Gasteiger partial charge on any atom is 0.238 e. The second-order valence-corrected chi connectivity index (χ2v) is 5.16. The number of anilines is 1. The molecule has 0 aliphatic heterocycles. The number of hydrogen-bond donors (Lipinski definition) is 2. The molecule has 1 aromatic carbocycles. The van der Waals surface area contributed by atoms with Gasteiger partial charge in [-0.25, -0.2) is 0 Å².